The van der Waals surface area contributed by atoms with E-state index in [4.69, 9.17) is 21.7 Å². The molecule has 0 spiro atoms. The number of aliphatic hydroxyl groups is 1. The van der Waals surface area contributed by atoms with E-state index in [0.717, 1.165) is 16.8 Å². The Bertz CT molecular complexity index is 1070. The molecule has 0 fully saturated rings. The predicted octanol–water partition coefficient (Wildman–Crippen LogP) is 3.13. The number of nitrogens with zero attached hydrogens (tertiary/aromatic N) is 1. The van der Waals surface area contributed by atoms with E-state index in [2.05, 4.69) is 10.3 Å². The number of ether oxygens (including phenoxy) is 2. The molecule has 0 aliphatic carbocycles. The number of anilines is 1. The molecule has 30 heavy (non-hydrogen) atoms. The second kappa shape index (κ2) is 10.1. The Morgan fingerprint density at radius 3 is 2.47 bits per heavy atom. The zero-order chi connectivity index (χ0) is 21.5. The van der Waals surface area contributed by atoms with Gasteiger partial charge in [-0.25, -0.2) is 0 Å². The minimum absolute atomic E-state index is 0.0372. The molecular formula is C22H25N3O4S. The molecule has 2 aromatic carbocycles. The Labute approximate surface area is 180 Å². The number of pyridine rings is 1. The maximum absolute atomic E-state index is 12.6. The molecule has 1 heterocycles. The predicted molar refractivity (Wildman–Crippen MR) is 122 cm³/mol. The molecule has 0 amide bonds. The van der Waals surface area contributed by atoms with Crippen molar-refractivity contribution in [2.75, 3.05) is 32.7 Å². The van der Waals surface area contributed by atoms with Crippen LogP contribution in [0.3, 0.4) is 0 Å². The molecule has 8 heteroatoms. The van der Waals surface area contributed by atoms with Crippen LogP contribution in [-0.2, 0) is 6.54 Å². The van der Waals surface area contributed by atoms with Crippen LogP contribution in [-0.4, -0.2) is 47.5 Å². The van der Waals surface area contributed by atoms with Gasteiger partial charge in [0, 0.05) is 30.5 Å². The van der Waals surface area contributed by atoms with E-state index < -0.39 is 0 Å². The van der Waals surface area contributed by atoms with Crippen molar-refractivity contribution in [3.05, 3.63) is 64.4 Å². The summed E-state index contributed by atoms with van der Waals surface area (Å²) in [5.74, 6) is 1.43. The quantitative estimate of drug-likeness (QED) is 0.476. The summed E-state index contributed by atoms with van der Waals surface area (Å²) in [6.45, 7) is 0.868. The van der Waals surface area contributed by atoms with Crippen molar-refractivity contribution < 1.29 is 14.6 Å². The van der Waals surface area contributed by atoms with Crippen molar-refractivity contribution in [2.45, 2.75) is 13.0 Å². The van der Waals surface area contributed by atoms with E-state index in [-0.39, 0.29) is 12.2 Å². The number of aromatic nitrogens is 1. The lowest BCUT2D eigenvalue weighted by Crippen LogP contribution is -2.37. The van der Waals surface area contributed by atoms with Crippen molar-refractivity contribution in [1.82, 2.24) is 9.88 Å². The summed E-state index contributed by atoms with van der Waals surface area (Å²) in [4.78, 5) is 17.4. The van der Waals surface area contributed by atoms with Crippen molar-refractivity contribution in [3.8, 4) is 11.5 Å². The van der Waals surface area contributed by atoms with Crippen molar-refractivity contribution in [2.24, 2.45) is 0 Å². The van der Waals surface area contributed by atoms with Crippen molar-refractivity contribution >= 4 is 33.9 Å². The van der Waals surface area contributed by atoms with Gasteiger partial charge in [-0.2, -0.15) is 0 Å². The van der Waals surface area contributed by atoms with Gasteiger partial charge in [-0.3, -0.25) is 4.79 Å². The number of aliphatic hydroxyl groups excluding tert-OH is 1. The maximum atomic E-state index is 12.6. The fourth-order valence-electron chi connectivity index (χ4n) is 3.07. The normalized spacial score (nSPS) is 10.6. The van der Waals surface area contributed by atoms with Crippen molar-refractivity contribution in [3.63, 3.8) is 0 Å². The Balaban J connectivity index is 1.81. The van der Waals surface area contributed by atoms with Gasteiger partial charge >= 0.3 is 0 Å². The Hall–Kier alpha value is -3.10. The lowest BCUT2D eigenvalue weighted by molar-refractivity contribution is 0.266. The van der Waals surface area contributed by atoms with Gasteiger partial charge in [0.1, 0.15) is 11.5 Å². The van der Waals surface area contributed by atoms with E-state index in [1.165, 1.54) is 0 Å². The molecular weight excluding hydrogens is 402 g/mol. The summed E-state index contributed by atoms with van der Waals surface area (Å²) in [6.07, 6.45) is 0.535. The standard InChI is InChI=1S/C22H25N3O4S/c1-28-18-8-5-17(6-9-18)23-22(30)25(10-3-11-26)14-16-12-15-4-7-19(29-2)13-20(15)24-21(16)27/h4-9,12-13,26H,3,10-11,14H2,1-2H3,(H,23,30)(H,24,27). The zero-order valence-corrected chi connectivity index (χ0v) is 17.8. The molecule has 0 radical (unpaired) electrons. The van der Waals surface area contributed by atoms with Crippen LogP contribution in [0.1, 0.15) is 12.0 Å². The van der Waals surface area contributed by atoms with Crippen LogP contribution in [0.4, 0.5) is 5.69 Å². The van der Waals surface area contributed by atoms with E-state index >= 15 is 0 Å². The number of aromatic amines is 1. The summed E-state index contributed by atoms with van der Waals surface area (Å²) in [7, 11) is 3.20. The third-order valence-corrected chi connectivity index (χ3v) is 5.07. The number of nitrogens with one attached hydrogen (secondary N) is 2. The Morgan fingerprint density at radius 2 is 1.80 bits per heavy atom. The second-order valence-corrected chi connectivity index (χ2v) is 7.12. The SMILES string of the molecule is COc1ccc(NC(=S)N(CCCO)Cc2cc3ccc(OC)cc3[nH]c2=O)cc1. The van der Waals surface area contributed by atoms with Gasteiger partial charge in [0.2, 0.25) is 0 Å². The number of fused-ring (bicyclic) bond motifs is 1. The highest BCUT2D eigenvalue weighted by molar-refractivity contribution is 7.80. The van der Waals surface area contributed by atoms with E-state index in [1.807, 2.05) is 47.4 Å². The van der Waals surface area contributed by atoms with Gasteiger partial charge < -0.3 is 29.8 Å². The number of rotatable bonds is 8. The lowest BCUT2D eigenvalue weighted by Gasteiger charge is -2.25. The first-order valence-electron chi connectivity index (χ1n) is 9.55. The lowest BCUT2D eigenvalue weighted by atomic mass is 10.1. The molecule has 0 saturated carbocycles. The topological polar surface area (TPSA) is 86.8 Å². The molecule has 3 aromatic rings. The number of benzene rings is 2. The minimum atomic E-state index is -0.183. The van der Waals surface area contributed by atoms with Crippen LogP contribution < -0.4 is 20.3 Å². The highest BCUT2D eigenvalue weighted by Crippen LogP contribution is 2.20. The minimum Gasteiger partial charge on any atom is -0.497 e. The van der Waals surface area contributed by atoms with Gasteiger partial charge in [-0.05, 0) is 66.5 Å². The van der Waals surface area contributed by atoms with Gasteiger partial charge in [0.25, 0.3) is 5.56 Å². The molecule has 0 unspecified atom stereocenters. The van der Waals surface area contributed by atoms with Crippen LogP contribution in [0, 0.1) is 0 Å². The first-order valence-corrected chi connectivity index (χ1v) is 9.95. The highest BCUT2D eigenvalue weighted by Gasteiger charge is 2.14. The molecule has 7 nitrogen and oxygen atoms in total. The third-order valence-electron chi connectivity index (χ3n) is 4.71. The molecule has 3 N–H and O–H groups in total. The molecule has 0 saturated heterocycles. The monoisotopic (exact) mass is 427 g/mol. The van der Waals surface area contributed by atoms with Crippen LogP contribution in [0.15, 0.2) is 53.3 Å². The largest absolute Gasteiger partial charge is 0.497 e. The van der Waals surface area contributed by atoms with Gasteiger partial charge in [0.05, 0.1) is 26.3 Å². The number of H-pyrrole nitrogens is 1. The number of hydrogen-bond donors (Lipinski definition) is 3. The van der Waals surface area contributed by atoms with Crippen LogP contribution in [0.2, 0.25) is 0 Å². The molecule has 3 rings (SSSR count). The third kappa shape index (κ3) is 5.28. The maximum Gasteiger partial charge on any atom is 0.253 e. The summed E-state index contributed by atoms with van der Waals surface area (Å²) in [6, 6.07) is 14.8. The van der Waals surface area contributed by atoms with Gasteiger partial charge in [0.15, 0.2) is 5.11 Å². The second-order valence-electron chi connectivity index (χ2n) is 6.73. The molecule has 0 aliphatic heterocycles. The van der Waals surface area contributed by atoms with Crippen LogP contribution in [0.25, 0.3) is 10.9 Å². The van der Waals surface area contributed by atoms with Crippen LogP contribution >= 0.6 is 12.2 Å². The van der Waals surface area contributed by atoms with Crippen molar-refractivity contribution in [1.29, 1.82) is 0 Å². The first-order chi connectivity index (χ1) is 14.5. The number of hydrogen-bond acceptors (Lipinski definition) is 5. The zero-order valence-electron chi connectivity index (χ0n) is 17.0. The van der Waals surface area contributed by atoms with Gasteiger partial charge in [-0.1, -0.05) is 0 Å². The van der Waals surface area contributed by atoms with Crippen LogP contribution in [0.5, 0.6) is 11.5 Å². The van der Waals surface area contributed by atoms with E-state index in [1.54, 1.807) is 20.3 Å². The molecule has 158 valence electrons. The average Bonchev–Trinajstić information content (AvgIpc) is 2.76. The number of thiocarbonyl (C=S) groups is 1. The fourth-order valence-corrected chi connectivity index (χ4v) is 3.34. The highest BCUT2D eigenvalue weighted by atomic mass is 32.1. The number of methoxy groups -OCH3 is 2. The summed E-state index contributed by atoms with van der Waals surface area (Å²) < 4.78 is 10.4. The first kappa shape index (κ1) is 21.6. The molecule has 0 atom stereocenters. The van der Waals surface area contributed by atoms with E-state index in [9.17, 15) is 9.90 Å². The summed E-state index contributed by atoms with van der Waals surface area (Å²) >= 11 is 5.58. The molecule has 0 aliphatic rings. The Kier molecular flexibility index (Phi) is 7.26. The summed E-state index contributed by atoms with van der Waals surface area (Å²) in [5.41, 5.74) is 1.93. The summed E-state index contributed by atoms with van der Waals surface area (Å²) in [5, 5.41) is 13.8. The average molecular weight is 428 g/mol. The molecule has 0 bridgehead atoms. The smallest absolute Gasteiger partial charge is 0.253 e. The van der Waals surface area contributed by atoms with E-state index in [0.29, 0.717) is 41.5 Å². The Morgan fingerprint density at radius 1 is 1.10 bits per heavy atom. The van der Waals surface area contributed by atoms with Gasteiger partial charge in [-0.15, -0.1) is 0 Å². The fraction of sp³-hybridized carbons (Fsp3) is 0.273. The molecule has 1 aromatic heterocycles.